The summed E-state index contributed by atoms with van der Waals surface area (Å²) in [6.07, 6.45) is 3.73. The summed E-state index contributed by atoms with van der Waals surface area (Å²) in [6, 6.07) is 6.15. The summed E-state index contributed by atoms with van der Waals surface area (Å²) < 4.78 is 5.67. The van der Waals surface area contributed by atoms with Crippen LogP contribution in [0, 0.1) is 0 Å². The van der Waals surface area contributed by atoms with Gasteiger partial charge >= 0.3 is 0 Å². The number of aromatic nitrogens is 1. The number of anilines is 2. The molecular formula is C14H20N4O. The molecule has 1 fully saturated rings. The van der Waals surface area contributed by atoms with Crippen molar-refractivity contribution in [3.05, 3.63) is 18.2 Å². The lowest BCUT2D eigenvalue weighted by Crippen LogP contribution is -2.54. The van der Waals surface area contributed by atoms with Crippen molar-refractivity contribution in [2.75, 3.05) is 31.7 Å². The van der Waals surface area contributed by atoms with Gasteiger partial charge in [0.1, 0.15) is 5.52 Å². The highest BCUT2D eigenvalue weighted by molar-refractivity contribution is 5.86. The fourth-order valence-corrected chi connectivity index (χ4v) is 2.65. The molecule has 0 spiro atoms. The number of likely N-dealkylation sites (N-methyl/N-ethyl adjacent to an activating group) is 1. The lowest BCUT2D eigenvalue weighted by Gasteiger charge is -2.47. The maximum Gasteiger partial charge on any atom is 0.295 e. The first-order chi connectivity index (χ1) is 9.11. The van der Waals surface area contributed by atoms with E-state index in [0.29, 0.717) is 11.7 Å². The van der Waals surface area contributed by atoms with E-state index in [1.165, 1.54) is 19.3 Å². The van der Waals surface area contributed by atoms with Crippen LogP contribution in [0.4, 0.5) is 11.7 Å². The number of fused-ring (bicyclic) bond motifs is 1. The molecule has 0 amide bonds. The van der Waals surface area contributed by atoms with Gasteiger partial charge in [-0.25, -0.2) is 0 Å². The molecule has 1 aromatic carbocycles. The molecule has 0 unspecified atom stereocenters. The molecule has 1 heterocycles. The fourth-order valence-electron chi connectivity index (χ4n) is 2.65. The lowest BCUT2D eigenvalue weighted by atomic mass is 9.75. The highest BCUT2D eigenvalue weighted by Crippen LogP contribution is 2.36. The van der Waals surface area contributed by atoms with Gasteiger partial charge < -0.3 is 20.4 Å². The Morgan fingerprint density at radius 2 is 2.21 bits per heavy atom. The van der Waals surface area contributed by atoms with Gasteiger partial charge in [-0.3, -0.25) is 0 Å². The molecule has 2 aromatic rings. The minimum Gasteiger partial charge on any atom is -0.423 e. The van der Waals surface area contributed by atoms with Gasteiger partial charge in [0.15, 0.2) is 5.58 Å². The summed E-state index contributed by atoms with van der Waals surface area (Å²) in [5.74, 6) is 0. The van der Waals surface area contributed by atoms with Crippen LogP contribution >= 0.6 is 0 Å². The number of nitrogens with zero attached hydrogens (tertiary/aromatic N) is 2. The Morgan fingerprint density at radius 3 is 2.79 bits per heavy atom. The van der Waals surface area contributed by atoms with Crippen LogP contribution in [0.15, 0.2) is 22.6 Å². The van der Waals surface area contributed by atoms with Crippen LogP contribution < -0.4 is 11.1 Å². The molecule has 102 valence electrons. The first kappa shape index (κ1) is 12.3. The second-order valence-electron chi connectivity index (χ2n) is 5.54. The highest BCUT2D eigenvalue weighted by Gasteiger charge is 2.39. The van der Waals surface area contributed by atoms with Crippen LogP contribution in [-0.2, 0) is 0 Å². The number of benzene rings is 1. The number of para-hydroxylation sites is 1. The highest BCUT2D eigenvalue weighted by atomic mass is 16.4. The van der Waals surface area contributed by atoms with E-state index in [1.54, 1.807) is 0 Å². The smallest absolute Gasteiger partial charge is 0.295 e. The Labute approximate surface area is 112 Å². The van der Waals surface area contributed by atoms with Crippen molar-refractivity contribution in [2.45, 2.75) is 24.8 Å². The van der Waals surface area contributed by atoms with Crippen molar-refractivity contribution in [2.24, 2.45) is 0 Å². The van der Waals surface area contributed by atoms with Crippen molar-refractivity contribution >= 4 is 22.8 Å². The standard InChI is InChI=1S/C14H20N4O/c1-18(2)14(7-4-8-14)9-16-13-17-12-10(15)5-3-6-11(12)19-13/h3,5-6H,4,7-9,15H2,1-2H3,(H,16,17). The van der Waals surface area contributed by atoms with Crippen LogP contribution in [0.1, 0.15) is 19.3 Å². The quantitative estimate of drug-likeness (QED) is 0.826. The zero-order chi connectivity index (χ0) is 13.5. The molecule has 3 rings (SSSR count). The monoisotopic (exact) mass is 260 g/mol. The Bertz CT molecular complexity index is 586. The second-order valence-corrected chi connectivity index (χ2v) is 5.54. The lowest BCUT2D eigenvalue weighted by molar-refractivity contribution is 0.0734. The topological polar surface area (TPSA) is 67.3 Å². The number of oxazole rings is 1. The summed E-state index contributed by atoms with van der Waals surface area (Å²) in [7, 11) is 4.26. The molecule has 1 aliphatic rings. The Morgan fingerprint density at radius 1 is 1.42 bits per heavy atom. The van der Waals surface area contributed by atoms with E-state index in [-0.39, 0.29) is 5.54 Å². The number of hydrogen-bond donors (Lipinski definition) is 2. The van der Waals surface area contributed by atoms with Crippen LogP contribution in [0.5, 0.6) is 0 Å². The second kappa shape index (κ2) is 4.42. The van der Waals surface area contributed by atoms with E-state index in [1.807, 2.05) is 18.2 Å². The van der Waals surface area contributed by atoms with Gasteiger partial charge in [-0.1, -0.05) is 6.07 Å². The van der Waals surface area contributed by atoms with Crippen molar-refractivity contribution in [3.8, 4) is 0 Å². The van der Waals surface area contributed by atoms with Gasteiger partial charge in [0.25, 0.3) is 6.01 Å². The minimum atomic E-state index is 0.242. The van der Waals surface area contributed by atoms with E-state index < -0.39 is 0 Å². The van der Waals surface area contributed by atoms with Crippen LogP contribution in [-0.4, -0.2) is 36.1 Å². The first-order valence-electron chi connectivity index (χ1n) is 6.67. The number of hydrogen-bond acceptors (Lipinski definition) is 5. The van der Waals surface area contributed by atoms with Crippen molar-refractivity contribution in [3.63, 3.8) is 0 Å². The fraction of sp³-hybridized carbons (Fsp3) is 0.500. The molecule has 1 saturated carbocycles. The molecular weight excluding hydrogens is 240 g/mol. The van der Waals surface area contributed by atoms with E-state index in [9.17, 15) is 0 Å². The van der Waals surface area contributed by atoms with Crippen LogP contribution in [0.2, 0.25) is 0 Å². The average Bonchev–Trinajstić information content (AvgIpc) is 2.71. The minimum absolute atomic E-state index is 0.242. The normalized spacial score (nSPS) is 17.6. The predicted molar refractivity (Wildman–Crippen MR) is 77.2 cm³/mol. The van der Waals surface area contributed by atoms with E-state index >= 15 is 0 Å². The molecule has 0 atom stereocenters. The van der Waals surface area contributed by atoms with Crippen molar-refractivity contribution in [1.82, 2.24) is 9.88 Å². The molecule has 5 heteroatoms. The van der Waals surface area contributed by atoms with Gasteiger partial charge in [0, 0.05) is 12.1 Å². The van der Waals surface area contributed by atoms with E-state index in [0.717, 1.165) is 17.6 Å². The molecule has 19 heavy (non-hydrogen) atoms. The first-order valence-corrected chi connectivity index (χ1v) is 6.67. The molecule has 5 nitrogen and oxygen atoms in total. The predicted octanol–water partition coefficient (Wildman–Crippen LogP) is 2.31. The summed E-state index contributed by atoms with van der Waals surface area (Å²) >= 11 is 0. The molecule has 1 aliphatic carbocycles. The molecule has 0 aliphatic heterocycles. The number of rotatable bonds is 4. The third-order valence-corrected chi connectivity index (χ3v) is 4.25. The largest absolute Gasteiger partial charge is 0.423 e. The SMILES string of the molecule is CN(C)C1(CNc2nc3c(N)cccc3o2)CCC1. The van der Waals surface area contributed by atoms with Crippen LogP contribution in [0.25, 0.3) is 11.1 Å². The van der Waals surface area contributed by atoms with E-state index in [2.05, 4.69) is 29.3 Å². The third-order valence-electron chi connectivity index (χ3n) is 4.25. The number of nitrogens with one attached hydrogen (secondary N) is 1. The molecule has 0 radical (unpaired) electrons. The van der Waals surface area contributed by atoms with Gasteiger partial charge in [0.05, 0.1) is 5.69 Å². The van der Waals surface area contributed by atoms with E-state index in [4.69, 9.17) is 10.2 Å². The van der Waals surface area contributed by atoms with Crippen molar-refractivity contribution < 1.29 is 4.42 Å². The zero-order valence-corrected chi connectivity index (χ0v) is 11.4. The van der Waals surface area contributed by atoms with Gasteiger partial charge in [-0.15, -0.1) is 0 Å². The molecule has 3 N–H and O–H groups in total. The Hall–Kier alpha value is -1.75. The maximum atomic E-state index is 5.88. The average molecular weight is 260 g/mol. The summed E-state index contributed by atoms with van der Waals surface area (Å²) in [4.78, 5) is 6.70. The van der Waals surface area contributed by atoms with Crippen LogP contribution in [0.3, 0.4) is 0 Å². The maximum absolute atomic E-state index is 5.88. The summed E-state index contributed by atoms with van der Waals surface area (Å²) in [5.41, 5.74) is 8.24. The van der Waals surface area contributed by atoms with Gasteiger partial charge in [-0.2, -0.15) is 4.98 Å². The van der Waals surface area contributed by atoms with Gasteiger partial charge in [-0.05, 0) is 45.5 Å². The van der Waals surface area contributed by atoms with Gasteiger partial charge in [0.2, 0.25) is 0 Å². The molecule has 0 saturated heterocycles. The third kappa shape index (κ3) is 2.04. The Kier molecular flexibility index (Phi) is 2.86. The van der Waals surface area contributed by atoms with Crippen molar-refractivity contribution in [1.29, 1.82) is 0 Å². The Balaban J connectivity index is 1.77. The zero-order valence-electron chi connectivity index (χ0n) is 11.4. The summed E-state index contributed by atoms with van der Waals surface area (Å²) in [6.45, 7) is 0.854. The molecule has 0 bridgehead atoms. The number of nitrogen functional groups attached to an aromatic ring is 1. The number of nitrogens with two attached hydrogens (primary N) is 1. The summed E-state index contributed by atoms with van der Waals surface area (Å²) in [5, 5.41) is 3.31. The molecule has 1 aromatic heterocycles.